The van der Waals surface area contributed by atoms with Gasteiger partial charge in [0.05, 0.1) is 69.3 Å². The van der Waals surface area contributed by atoms with Gasteiger partial charge in [0.15, 0.2) is 23.3 Å². The van der Waals surface area contributed by atoms with Crippen LogP contribution in [0.5, 0.6) is 0 Å². The normalized spacial score (nSPS) is 21.2. The van der Waals surface area contributed by atoms with Gasteiger partial charge in [-0.3, -0.25) is 91.7 Å². The number of carboxylic acids is 1. The minimum Gasteiger partial charge on any atom is -0.481 e. The Morgan fingerprint density at radius 3 is 1.95 bits per heavy atom. The van der Waals surface area contributed by atoms with E-state index in [-0.39, 0.29) is 70.6 Å². The number of hydrogen-bond donors (Lipinski definition) is 22. The predicted molar refractivity (Wildman–Crippen MR) is 510 cm³/mol. The number of imidazole rings is 1. The maximum Gasteiger partial charge on any atom is 0.305 e. The van der Waals surface area contributed by atoms with Crippen molar-refractivity contribution in [2.75, 3.05) is 64.1 Å². The van der Waals surface area contributed by atoms with Crippen LogP contribution in [0.2, 0.25) is 0 Å². The molecular formula is C91H136N22O22S2. The molecule has 3 aromatic heterocycles. The molecule has 4 heterocycles. The highest BCUT2D eigenvalue weighted by Crippen LogP contribution is 2.29. The third-order valence-corrected chi connectivity index (χ3v) is 25.3. The summed E-state index contributed by atoms with van der Waals surface area (Å²) in [6, 6.07) is -1.77. The first-order valence-corrected chi connectivity index (χ1v) is 48.2. The Morgan fingerprint density at radius 1 is 0.650 bits per heavy atom. The van der Waals surface area contributed by atoms with Crippen LogP contribution in [0.15, 0.2) is 73.4 Å². The van der Waals surface area contributed by atoms with E-state index in [0.29, 0.717) is 64.4 Å². The average molecular weight is 1950 g/mol. The molecule has 1 aliphatic rings. The zero-order chi connectivity index (χ0) is 101. The molecule has 0 aliphatic carbocycles. The van der Waals surface area contributed by atoms with Gasteiger partial charge >= 0.3 is 5.97 Å². The molecule has 1 aliphatic heterocycles. The summed E-state index contributed by atoms with van der Waals surface area (Å²) in [4.78, 5) is 266. The molecule has 5 aromatic rings. The summed E-state index contributed by atoms with van der Waals surface area (Å²) in [5, 5.41) is 67.8. The number of para-hydroxylation sites is 2. The number of aliphatic hydroxyl groups excluding tert-OH is 1. The number of aromatic amines is 2. The lowest BCUT2D eigenvalue weighted by molar-refractivity contribution is -0.141. The van der Waals surface area contributed by atoms with Gasteiger partial charge < -0.3 is 126 Å². The van der Waals surface area contributed by atoms with Gasteiger partial charge in [0.25, 0.3) is 0 Å². The summed E-state index contributed by atoms with van der Waals surface area (Å²) in [7, 11) is 3.43. The van der Waals surface area contributed by atoms with Gasteiger partial charge in [-0.15, -0.1) is 0 Å². The first kappa shape index (κ1) is 113. The molecule has 25 N–H and O–H groups in total. The van der Waals surface area contributed by atoms with Gasteiger partial charge in [-0.25, -0.2) is 4.98 Å². The molecule has 0 radical (unpaired) electrons. The number of guanidine groups is 1. The Hall–Kier alpha value is -12.4. The smallest absolute Gasteiger partial charge is 0.305 e. The van der Waals surface area contributed by atoms with Gasteiger partial charge in [-0.1, -0.05) is 92.1 Å². The summed E-state index contributed by atoms with van der Waals surface area (Å²) in [5.74, 6) is -23.8. The second-order valence-electron chi connectivity index (χ2n) is 35.6. The summed E-state index contributed by atoms with van der Waals surface area (Å²) >= 11 is 0. The largest absolute Gasteiger partial charge is 0.481 e. The zero-order valence-electron chi connectivity index (χ0n) is 79.3. The van der Waals surface area contributed by atoms with Crippen molar-refractivity contribution in [1.29, 1.82) is 5.41 Å². The van der Waals surface area contributed by atoms with Crippen LogP contribution in [-0.4, -0.2) is 278 Å². The molecule has 14 amide bonds. The standard InChI is InChI=1S/C91H136N22O22S2/c1-12-50(4)78(104-53(7)115)89(133)110-68-46-136-137-47-69(87(131)112-79(52(6)114)88(132)97-30-31-134-32-33-135-45-76(121)105-63(80(93)124)23-17-18-29-102-91(8,9)10)111-84(128)64(24-19-28-98-90(94)95)106-82(126)55(35-58-42-96-48-101-58)37-71(116)51(5)103-75(120)43-100-81(125)54(34-56-41-99-62-22-15-13-20-59(56)62)38-72(117)66(40-77(122)123)108-85(129)65(26-27-74(92)119)107-86(130)67(109-83(127)61(49(2)3)39-73(68)118)36-57-44-113(11)70-25-16-14-21-60(57)70/h13-16,20-22,25,41-42,44,48-52,54-55,61,63-69,78-79,99,102,114H,12,17-19,23-24,26-40,43,45-47H2,1-11H3,(H2,92,119)(H2,93,124)(H,96,101)(H,97,132)(H,100,125)(H,103,120)(H,104,115)(H,105,121)(H,106,126)(H,107,130)(H,108,129)(H,109,127)(H,110,133)(H,111,128)(H,112,131)(H,122,123)(H4,94,95,98)/t50-,51-,52+,54+,55+,61-,63-,64-,65-,66-,67-,68-,69-,78-,79-/m0/s1. The van der Waals surface area contributed by atoms with Crippen molar-refractivity contribution in [3.05, 3.63) is 90.3 Å². The van der Waals surface area contributed by atoms with Crippen molar-refractivity contribution in [3.63, 3.8) is 0 Å². The molecule has 0 unspecified atom stereocenters. The van der Waals surface area contributed by atoms with Gasteiger partial charge in [0, 0.05) is 141 Å². The van der Waals surface area contributed by atoms with E-state index >= 15 is 28.8 Å². The summed E-state index contributed by atoms with van der Waals surface area (Å²) in [5.41, 5.74) is 19.4. The number of carboxylic acid groups (broad SMARTS) is 1. The topological polar surface area (TPSA) is 686 Å². The van der Waals surface area contributed by atoms with Crippen LogP contribution in [0.4, 0.5) is 0 Å². The number of aryl methyl sites for hydroxylation is 1. The molecule has 0 saturated carbocycles. The van der Waals surface area contributed by atoms with Crippen molar-refractivity contribution >= 4 is 155 Å². The van der Waals surface area contributed by atoms with E-state index in [0.717, 1.165) is 28.0 Å². The number of nitrogens with two attached hydrogens (primary N) is 3. The fourth-order valence-electron chi connectivity index (χ4n) is 15.1. The number of aliphatic carboxylic acids is 1. The number of ketones is 3. The van der Waals surface area contributed by atoms with Crippen LogP contribution in [0, 0.1) is 35.0 Å². The van der Waals surface area contributed by atoms with Gasteiger partial charge in [0.1, 0.15) is 48.9 Å². The number of amides is 14. The number of ether oxygens (including phenoxy) is 2. The van der Waals surface area contributed by atoms with Crippen molar-refractivity contribution in [2.45, 2.75) is 238 Å². The van der Waals surface area contributed by atoms with Crippen molar-refractivity contribution in [2.24, 2.45) is 53.8 Å². The van der Waals surface area contributed by atoms with E-state index in [1.54, 1.807) is 100 Å². The summed E-state index contributed by atoms with van der Waals surface area (Å²) < 4.78 is 12.8. The van der Waals surface area contributed by atoms with Crippen LogP contribution in [0.3, 0.4) is 0 Å². The molecule has 6 rings (SSSR count). The molecule has 0 bridgehead atoms. The minimum atomic E-state index is -1.96. The van der Waals surface area contributed by atoms with E-state index in [9.17, 15) is 67.7 Å². The number of aliphatic hydroxyl groups is 1. The Bertz CT molecular complexity index is 4980. The number of H-pyrrole nitrogens is 2. The van der Waals surface area contributed by atoms with Crippen molar-refractivity contribution in [3.8, 4) is 0 Å². The molecule has 137 heavy (non-hydrogen) atoms. The fraction of sp³-hybridized carbons (Fsp3) is 0.582. The van der Waals surface area contributed by atoms with E-state index in [1.165, 1.54) is 33.3 Å². The summed E-state index contributed by atoms with van der Waals surface area (Å²) in [6.45, 7) is 15.2. The lowest BCUT2D eigenvalue weighted by Gasteiger charge is -2.29. The molecular weight excluding hydrogens is 1820 g/mol. The Morgan fingerprint density at radius 2 is 1.29 bits per heavy atom. The van der Waals surface area contributed by atoms with Gasteiger partial charge in [0.2, 0.25) is 82.7 Å². The van der Waals surface area contributed by atoms with Crippen molar-refractivity contribution < 1.29 is 106 Å². The number of benzene rings is 2. The number of carbonyl (C=O) groups is 18. The number of Topliss-reactive ketones (excluding diaryl/α,β-unsaturated/α-hetero) is 3. The first-order chi connectivity index (χ1) is 64.8. The molecule has 44 nitrogen and oxygen atoms in total. The third-order valence-electron chi connectivity index (χ3n) is 22.9. The van der Waals surface area contributed by atoms with Gasteiger partial charge in [-0.05, 0) is 121 Å². The molecule has 1 fully saturated rings. The second kappa shape index (κ2) is 57.0. The number of carbonyl (C=O) groups excluding carboxylic acids is 17. The van der Waals surface area contributed by atoms with Gasteiger partial charge in [-0.2, -0.15) is 0 Å². The molecule has 2 aromatic carbocycles. The van der Waals surface area contributed by atoms with Crippen LogP contribution in [0.1, 0.15) is 163 Å². The minimum absolute atomic E-state index is 0.0119. The monoisotopic (exact) mass is 1950 g/mol. The highest BCUT2D eigenvalue weighted by molar-refractivity contribution is 8.76. The average Bonchev–Trinajstić information content (AvgIpc) is 1.66. The van der Waals surface area contributed by atoms with Crippen LogP contribution < -0.4 is 91.6 Å². The fourth-order valence-corrected chi connectivity index (χ4v) is 17.4. The molecule has 754 valence electrons. The summed E-state index contributed by atoms with van der Waals surface area (Å²) in [6.07, 6.45) is 0.814. The van der Waals surface area contributed by atoms with Crippen LogP contribution in [-0.2, 0) is 122 Å². The first-order valence-electron chi connectivity index (χ1n) is 45.7. The lowest BCUT2D eigenvalue weighted by atomic mass is 9.87. The Balaban J connectivity index is 1.42. The zero-order valence-corrected chi connectivity index (χ0v) is 81.0. The van der Waals surface area contributed by atoms with E-state index < -0.39 is 271 Å². The molecule has 1 saturated heterocycles. The number of hydrogen-bond acceptors (Lipinski definition) is 26. The number of aromatic nitrogens is 4. The highest BCUT2D eigenvalue weighted by Gasteiger charge is 2.40. The third kappa shape index (κ3) is 39.3. The Labute approximate surface area is 802 Å². The van der Waals surface area contributed by atoms with Crippen LogP contribution >= 0.6 is 21.6 Å². The Kier molecular flexibility index (Phi) is 47.1. The van der Waals surface area contributed by atoms with E-state index in [2.05, 4.69) is 89.4 Å². The number of nitrogens with one attached hydrogen (secondary N) is 17. The number of rotatable bonds is 40. The second-order valence-corrected chi connectivity index (χ2v) is 38.1. The van der Waals surface area contributed by atoms with Crippen molar-refractivity contribution in [1.82, 2.24) is 94.0 Å². The predicted octanol–water partition coefficient (Wildman–Crippen LogP) is -1.18. The SMILES string of the molecule is CC[C@H](C)[C@H](NC(C)=O)C(=O)N[C@H]1CSSC[C@@H](C(=O)N[C@H](C(=O)NCCOCCOCC(=O)N[C@@H](CCCCNC(C)(C)C)C(N)=O)[C@@H](C)O)NC(=O)[C@H](CCCNC(=N)N)NC(=O)[C@H](Cc2cnc[nH]2)CC(=O)[C@H](C)NC(=O)CNC(=O)[C@H](Cc2c[nH]c3ccccc23)CC(=O)[C@H](CC(=O)O)NC(=O)[C@H](CCC(N)=O)NC(=O)[C@H](Cc2cn(C)c3ccccc23)NC(=O)[C@H](C(C)C)CC1=O. The quantitative estimate of drug-likeness (QED) is 0.00949. The van der Waals surface area contributed by atoms with E-state index in [1.807, 2.05) is 20.8 Å². The maximum absolute atomic E-state index is 15.4. The molecule has 46 heteroatoms. The number of unbranched alkanes of at least 4 members (excludes halogenated alkanes) is 1. The highest BCUT2D eigenvalue weighted by atomic mass is 33.1. The number of fused-ring (bicyclic) bond motifs is 2. The maximum atomic E-state index is 15.4. The van der Waals surface area contributed by atoms with Crippen LogP contribution in [0.25, 0.3) is 21.8 Å². The molecule has 0 spiro atoms. The molecule has 15 atom stereocenters. The van der Waals surface area contributed by atoms with E-state index in [4.69, 9.17) is 32.1 Å². The lowest BCUT2D eigenvalue weighted by Crippen LogP contribution is -2.60. The number of primary amides is 2. The number of nitrogens with zero attached hydrogens (tertiary/aromatic N) is 2.